The molecule has 0 spiro atoms. The van der Waals surface area contributed by atoms with E-state index in [9.17, 15) is 15.0 Å². The minimum Gasteiger partial charge on any atom is -0.507 e. The molecule has 200 valence electrons. The topological polar surface area (TPSA) is 102 Å². The lowest BCUT2D eigenvalue weighted by atomic mass is 10.0. The summed E-state index contributed by atoms with van der Waals surface area (Å²) in [5, 5.41) is 21.1. The maximum absolute atomic E-state index is 11.6. The maximum Gasteiger partial charge on any atom is 0.323 e. The summed E-state index contributed by atoms with van der Waals surface area (Å²) in [6.07, 6.45) is 21.1. The molecular weight excluding hydrogens is 462 g/mol. The van der Waals surface area contributed by atoms with Gasteiger partial charge >= 0.3 is 5.97 Å². The lowest BCUT2D eigenvalue weighted by Crippen LogP contribution is -2.33. The van der Waals surface area contributed by atoms with E-state index in [1.165, 1.54) is 96.3 Å². The minimum atomic E-state index is -0.803. The number of hydrogen-bond acceptors (Lipinski definition) is 7. The predicted octanol–water partition coefficient (Wildman–Crippen LogP) is 6.89. The lowest BCUT2D eigenvalue weighted by molar-refractivity contribution is -0.141. The Labute approximate surface area is 216 Å². The van der Waals surface area contributed by atoms with Gasteiger partial charge in [0, 0.05) is 17.4 Å². The number of carbonyl (C=O) groups excluding carboxylic acids is 1. The molecule has 35 heavy (non-hydrogen) atoms. The van der Waals surface area contributed by atoms with E-state index in [0.29, 0.717) is 16.9 Å². The SMILES string of the molecule is CCCCCCC=CCCCCCCCCCc1c(O)c(OC)cc(O)c1SC[C@@H](N)C(=O)OC. The Bertz CT molecular complexity index is 753. The van der Waals surface area contributed by atoms with Crippen molar-refractivity contribution in [3.05, 3.63) is 23.8 Å². The Kier molecular flexibility index (Phi) is 17.2. The molecule has 0 unspecified atom stereocenters. The van der Waals surface area contributed by atoms with Crippen molar-refractivity contribution in [1.29, 1.82) is 0 Å². The molecule has 1 rings (SSSR count). The number of carbonyl (C=O) groups is 1. The van der Waals surface area contributed by atoms with Gasteiger partial charge in [-0.1, -0.05) is 70.4 Å². The molecule has 0 aromatic heterocycles. The highest BCUT2D eigenvalue weighted by Gasteiger charge is 2.21. The molecule has 0 fully saturated rings. The van der Waals surface area contributed by atoms with Gasteiger partial charge in [-0.25, -0.2) is 0 Å². The largest absolute Gasteiger partial charge is 0.507 e. The van der Waals surface area contributed by atoms with Crippen molar-refractivity contribution in [2.24, 2.45) is 5.73 Å². The fourth-order valence-corrected chi connectivity index (χ4v) is 5.04. The Morgan fingerprint density at radius 3 is 2.11 bits per heavy atom. The number of nitrogens with two attached hydrogens (primary N) is 1. The Morgan fingerprint density at radius 1 is 0.971 bits per heavy atom. The van der Waals surface area contributed by atoms with Crippen LogP contribution in [0.1, 0.15) is 96.0 Å². The molecule has 0 bridgehead atoms. The van der Waals surface area contributed by atoms with Crippen LogP contribution in [-0.2, 0) is 16.0 Å². The monoisotopic (exact) mass is 509 g/mol. The molecule has 0 aliphatic carbocycles. The number of methoxy groups -OCH3 is 2. The summed E-state index contributed by atoms with van der Waals surface area (Å²) in [6, 6.07) is 0.592. The van der Waals surface area contributed by atoms with Crippen molar-refractivity contribution in [3.63, 3.8) is 0 Å². The molecule has 7 heteroatoms. The summed E-state index contributed by atoms with van der Waals surface area (Å²) in [6.45, 7) is 2.25. The summed E-state index contributed by atoms with van der Waals surface area (Å²) in [5.41, 5.74) is 6.48. The van der Waals surface area contributed by atoms with E-state index in [2.05, 4.69) is 23.8 Å². The number of allylic oxidation sites excluding steroid dienone is 2. The first-order chi connectivity index (χ1) is 17.0. The number of phenols is 2. The number of ether oxygens (including phenoxy) is 2. The molecule has 1 aromatic carbocycles. The van der Waals surface area contributed by atoms with Gasteiger partial charge < -0.3 is 25.4 Å². The van der Waals surface area contributed by atoms with E-state index in [4.69, 9.17) is 10.5 Å². The second-order valence-corrected chi connectivity index (χ2v) is 10.1. The van der Waals surface area contributed by atoms with E-state index in [1.54, 1.807) is 0 Å². The number of esters is 1. The van der Waals surface area contributed by atoms with Crippen LogP contribution in [-0.4, -0.2) is 42.2 Å². The minimum absolute atomic E-state index is 0.0201. The zero-order chi connectivity index (χ0) is 25.9. The lowest BCUT2D eigenvalue weighted by Gasteiger charge is -2.17. The molecule has 0 radical (unpaired) electrons. The quantitative estimate of drug-likeness (QED) is 0.0578. The third-order valence-corrected chi connectivity index (χ3v) is 7.38. The zero-order valence-corrected chi connectivity index (χ0v) is 22.8. The van der Waals surface area contributed by atoms with E-state index in [-0.39, 0.29) is 23.0 Å². The van der Waals surface area contributed by atoms with Crippen molar-refractivity contribution in [3.8, 4) is 17.2 Å². The van der Waals surface area contributed by atoms with Gasteiger partial charge in [-0.15, -0.1) is 11.8 Å². The number of thioether (sulfide) groups is 1. The second kappa shape index (κ2) is 19.3. The molecule has 0 aliphatic heterocycles. The molecule has 1 aromatic rings. The third kappa shape index (κ3) is 12.6. The summed E-state index contributed by atoms with van der Waals surface area (Å²) in [5.74, 6) is 0.0426. The van der Waals surface area contributed by atoms with Gasteiger partial charge in [-0.2, -0.15) is 0 Å². The van der Waals surface area contributed by atoms with Gasteiger partial charge in [0.1, 0.15) is 11.8 Å². The number of rotatable bonds is 20. The van der Waals surface area contributed by atoms with Crippen molar-refractivity contribution in [2.75, 3.05) is 20.0 Å². The summed E-state index contributed by atoms with van der Waals surface area (Å²) in [4.78, 5) is 12.1. The predicted molar refractivity (Wildman–Crippen MR) is 146 cm³/mol. The summed E-state index contributed by atoms with van der Waals surface area (Å²) < 4.78 is 9.88. The highest BCUT2D eigenvalue weighted by molar-refractivity contribution is 7.99. The fourth-order valence-electron chi connectivity index (χ4n) is 3.98. The summed E-state index contributed by atoms with van der Waals surface area (Å²) in [7, 11) is 2.75. The molecule has 6 nitrogen and oxygen atoms in total. The molecule has 1 atom stereocenters. The van der Waals surface area contributed by atoms with Crippen LogP contribution in [0.5, 0.6) is 17.2 Å². The number of phenolic OH excluding ortho intramolecular Hbond substituents is 2. The van der Waals surface area contributed by atoms with Crippen LogP contribution < -0.4 is 10.5 Å². The smallest absolute Gasteiger partial charge is 0.323 e. The van der Waals surface area contributed by atoms with Crippen LogP contribution >= 0.6 is 11.8 Å². The first-order valence-electron chi connectivity index (χ1n) is 13.2. The summed E-state index contributed by atoms with van der Waals surface area (Å²) >= 11 is 1.25. The van der Waals surface area contributed by atoms with Gasteiger partial charge in [0.05, 0.1) is 19.1 Å². The van der Waals surface area contributed by atoms with Crippen LogP contribution in [0.25, 0.3) is 0 Å². The first kappa shape index (κ1) is 31.2. The van der Waals surface area contributed by atoms with Crippen LogP contribution in [0.3, 0.4) is 0 Å². The standard InChI is InChI=1S/C28H47NO5S/c1-4-5-6-7-8-9-10-11-12-13-14-15-16-17-18-19-22-26(31)25(33-2)20-24(30)27(22)35-21-23(29)28(32)34-3/h9-10,20,23,30-31H,4-8,11-19,21,29H2,1-3H3/t23-/m1/s1. The maximum atomic E-state index is 11.6. The number of benzene rings is 1. The number of aromatic hydroxyl groups is 2. The van der Waals surface area contributed by atoms with E-state index in [0.717, 1.165) is 19.3 Å². The van der Waals surface area contributed by atoms with Gasteiger partial charge in [0.15, 0.2) is 11.5 Å². The van der Waals surface area contributed by atoms with Gasteiger partial charge in [0.2, 0.25) is 0 Å². The Hall–Kier alpha value is -1.86. The van der Waals surface area contributed by atoms with Crippen molar-refractivity contribution >= 4 is 17.7 Å². The number of unbranched alkanes of at least 4 members (excludes halogenated alkanes) is 11. The Balaban J connectivity index is 2.37. The second-order valence-electron chi connectivity index (χ2n) is 9.03. The molecule has 0 saturated heterocycles. The highest BCUT2D eigenvalue weighted by Crippen LogP contribution is 2.44. The molecular formula is C28H47NO5S. The average Bonchev–Trinajstić information content (AvgIpc) is 2.86. The van der Waals surface area contributed by atoms with Crippen LogP contribution in [0.15, 0.2) is 23.1 Å². The normalized spacial score (nSPS) is 12.2. The van der Waals surface area contributed by atoms with Crippen LogP contribution in [0.4, 0.5) is 0 Å². The van der Waals surface area contributed by atoms with Gasteiger partial charge in [0.25, 0.3) is 0 Å². The van der Waals surface area contributed by atoms with Crippen molar-refractivity contribution in [2.45, 2.75) is 108 Å². The van der Waals surface area contributed by atoms with E-state index >= 15 is 0 Å². The van der Waals surface area contributed by atoms with Crippen LogP contribution in [0.2, 0.25) is 0 Å². The first-order valence-corrected chi connectivity index (χ1v) is 14.2. The highest BCUT2D eigenvalue weighted by atomic mass is 32.2. The van der Waals surface area contributed by atoms with Crippen LogP contribution in [0, 0.1) is 0 Å². The third-order valence-electron chi connectivity index (χ3n) is 6.11. The van der Waals surface area contributed by atoms with Gasteiger partial charge in [-0.05, 0) is 38.5 Å². The molecule has 0 heterocycles. The van der Waals surface area contributed by atoms with E-state index in [1.807, 2.05) is 0 Å². The molecule has 0 amide bonds. The number of hydrogen-bond donors (Lipinski definition) is 3. The zero-order valence-electron chi connectivity index (χ0n) is 22.0. The molecule has 4 N–H and O–H groups in total. The molecule has 0 saturated carbocycles. The van der Waals surface area contributed by atoms with Crippen molar-refractivity contribution in [1.82, 2.24) is 0 Å². The molecule has 0 aliphatic rings. The van der Waals surface area contributed by atoms with Crippen molar-refractivity contribution < 1.29 is 24.5 Å². The van der Waals surface area contributed by atoms with E-state index < -0.39 is 12.0 Å². The Morgan fingerprint density at radius 2 is 1.54 bits per heavy atom. The average molecular weight is 510 g/mol. The van der Waals surface area contributed by atoms with Gasteiger partial charge in [-0.3, -0.25) is 4.79 Å². The fraction of sp³-hybridized carbons (Fsp3) is 0.679.